The lowest BCUT2D eigenvalue weighted by Gasteiger charge is -2.36. The van der Waals surface area contributed by atoms with Crippen molar-refractivity contribution >= 4 is 5.91 Å². The Morgan fingerprint density at radius 3 is 2.17 bits per heavy atom. The molecule has 0 bridgehead atoms. The Hall–Kier alpha value is -0.960. The van der Waals surface area contributed by atoms with Crippen molar-refractivity contribution in [2.45, 2.75) is 37.1 Å². The molecule has 1 unspecified atom stereocenters. The molecule has 0 aromatic carbocycles. The zero-order valence-corrected chi connectivity index (χ0v) is 9.10. The second kappa shape index (κ2) is 4.61. The number of amides is 1. The minimum Gasteiger partial charge on any atom is -0.360 e. The average molecular weight is 277 g/mol. The largest absolute Gasteiger partial charge is 0.459 e. The normalized spacial score (nSPS) is 23.5. The van der Waals surface area contributed by atoms with Crippen molar-refractivity contribution in [3.05, 3.63) is 0 Å². The van der Waals surface area contributed by atoms with Crippen LogP contribution in [0.1, 0.15) is 19.3 Å². The molecule has 0 saturated carbocycles. The van der Waals surface area contributed by atoms with Crippen LogP contribution in [0.15, 0.2) is 0 Å². The van der Waals surface area contributed by atoms with Crippen LogP contribution >= 0.6 is 0 Å². The van der Waals surface area contributed by atoms with E-state index >= 15 is 0 Å². The van der Waals surface area contributed by atoms with Crippen molar-refractivity contribution in [1.82, 2.24) is 5.32 Å². The lowest BCUT2D eigenvalue weighted by molar-refractivity contribution is -0.404. The molecule has 0 aromatic heterocycles. The van der Waals surface area contributed by atoms with Gasteiger partial charge in [-0.1, -0.05) is 6.42 Å². The highest BCUT2D eigenvalue weighted by molar-refractivity contribution is 5.80. The molecule has 18 heavy (non-hydrogen) atoms. The first kappa shape index (κ1) is 15.1. The Morgan fingerprint density at radius 2 is 1.67 bits per heavy atom. The molecule has 0 radical (unpaired) electrons. The van der Waals surface area contributed by atoms with Gasteiger partial charge in [0.05, 0.1) is 5.92 Å². The summed E-state index contributed by atoms with van der Waals surface area (Å²) in [6.45, 7) is 0.100. The summed E-state index contributed by atoms with van der Waals surface area (Å²) in [6, 6.07) is 0. The predicted molar refractivity (Wildman–Crippen MR) is 48.5 cm³/mol. The molecule has 1 fully saturated rings. The van der Waals surface area contributed by atoms with E-state index in [9.17, 15) is 26.7 Å². The lowest BCUT2D eigenvalue weighted by atomic mass is 9.88. The van der Waals surface area contributed by atoms with Gasteiger partial charge in [0.25, 0.3) is 0 Å². The van der Waals surface area contributed by atoms with E-state index in [1.807, 2.05) is 0 Å². The summed E-state index contributed by atoms with van der Waals surface area (Å²) >= 11 is 0. The molecule has 1 aliphatic rings. The van der Waals surface area contributed by atoms with E-state index in [0.29, 0.717) is 6.42 Å². The van der Waals surface area contributed by atoms with E-state index in [1.165, 1.54) is 0 Å². The fraction of sp³-hybridized carbons (Fsp3) is 0.889. The van der Waals surface area contributed by atoms with Crippen LogP contribution in [0.4, 0.5) is 22.0 Å². The summed E-state index contributed by atoms with van der Waals surface area (Å²) < 4.78 is 62.3. The van der Waals surface area contributed by atoms with E-state index in [1.54, 1.807) is 0 Å². The topological polar surface area (TPSA) is 69.6 Å². The Labute approximate surface area is 98.8 Å². The van der Waals surface area contributed by atoms with E-state index in [2.05, 4.69) is 5.32 Å². The number of alkyl halides is 5. The number of hydrogen-bond donors (Lipinski definition) is 3. The molecule has 0 spiro atoms. The molecule has 1 saturated heterocycles. The Kier molecular flexibility index (Phi) is 3.87. The van der Waals surface area contributed by atoms with Crippen LogP contribution in [0.5, 0.6) is 0 Å². The molecule has 106 valence electrons. The van der Waals surface area contributed by atoms with Gasteiger partial charge in [-0.15, -0.1) is 0 Å². The molecule has 9 heteroatoms. The quantitative estimate of drug-likeness (QED) is 0.516. The van der Waals surface area contributed by atoms with Crippen LogP contribution in [0, 0.1) is 5.92 Å². The summed E-state index contributed by atoms with van der Waals surface area (Å²) in [7, 11) is 0. The predicted octanol–water partition coefficient (Wildman–Crippen LogP) is 0.781. The van der Waals surface area contributed by atoms with Crippen LogP contribution in [0.3, 0.4) is 0 Å². The monoisotopic (exact) mass is 277 g/mol. The number of carbonyl (C=O) groups is 1. The summed E-state index contributed by atoms with van der Waals surface area (Å²) in [4.78, 5) is 11.3. The number of aliphatic hydroxyl groups is 2. The van der Waals surface area contributed by atoms with Gasteiger partial charge in [-0.25, -0.2) is 0 Å². The average Bonchev–Trinajstić information content (AvgIpc) is 2.40. The molecule has 0 aliphatic carbocycles. The lowest BCUT2D eigenvalue weighted by Crippen LogP contribution is -2.63. The standard InChI is InChI=1S/C9H12F5NO3/c10-8(11,9(12,13)14)7(17,18)5-3-1-2-4-15-6(5)16/h5,17-18H,1-4H2,(H,15,16). The first-order valence-corrected chi connectivity index (χ1v) is 5.19. The number of carbonyl (C=O) groups excluding carboxylic acids is 1. The SMILES string of the molecule is O=C1NCCCCC1C(O)(O)C(F)(F)C(F)(F)F. The van der Waals surface area contributed by atoms with Crippen LogP contribution in [0.2, 0.25) is 0 Å². The van der Waals surface area contributed by atoms with Gasteiger partial charge in [0.1, 0.15) is 0 Å². The fourth-order valence-electron chi connectivity index (χ4n) is 1.75. The number of hydrogen-bond acceptors (Lipinski definition) is 3. The van der Waals surface area contributed by atoms with Gasteiger partial charge in [0, 0.05) is 6.54 Å². The van der Waals surface area contributed by atoms with E-state index in [4.69, 9.17) is 10.2 Å². The zero-order chi connectivity index (χ0) is 14.2. The molecule has 1 rings (SSSR count). The second-order valence-corrected chi connectivity index (χ2v) is 4.14. The number of nitrogens with one attached hydrogen (secondary N) is 1. The van der Waals surface area contributed by atoms with Crippen molar-refractivity contribution in [3.8, 4) is 0 Å². The third kappa shape index (κ3) is 2.41. The second-order valence-electron chi connectivity index (χ2n) is 4.14. The van der Waals surface area contributed by atoms with Gasteiger partial charge in [-0.2, -0.15) is 22.0 Å². The van der Waals surface area contributed by atoms with Crippen LogP contribution < -0.4 is 5.32 Å². The van der Waals surface area contributed by atoms with Crippen molar-refractivity contribution in [2.75, 3.05) is 6.54 Å². The highest BCUT2D eigenvalue weighted by Gasteiger charge is 2.73. The van der Waals surface area contributed by atoms with Crippen LogP contribution in [0.25, 0.3) is 0 Å². The van der Waals surface area contributed by atoms with Gasteiger partial charge in [-0.3, -0.25) is 4.79 Å². The van der Waals surface area contributed by atoms with Crippen molar-refractivity contribution in [1.29, 1.82) is 0 Å². The van der Waals surface area contributed by atoms with Crippen molar-refractivity contribution in [3.63, 3.8) is 0 Å². The maximum atomic E-state index is 13.0. The smallest absolute Gasteiger partial charge is 0.360 e. The van der Waals surface area contributed by atoms with Crippen molar-refractivity contribution < 1.29 is 37.0 Å². The molecule has 1 atom stereocenters. The van der Waals surface area contributed by atoms with Gasteiger partial charge in [0.2, 0.25) is 11.7 Å². The van der Waals surface area contributed by atoms with Gasteiger partial charge in [0.15, 0.2) is 0 Å². The van der Waals surface area contributed by atoms with Crippen LogP contribution in [-0.4, -0.2) is 40.6 Å². The van der Waals surface area contributed by atoms with E-state index in [0.717, 1.165) is 0 Å². The molecule has 1 amide bonds. The Bertz CT molecular complexity index is 329. The third-order valence-corrected chi connectivity index (χ3v) is 2.84. The van der Waals surface area contributed by atoms with E-state index < -0.39 is 36.1 Å². The Morgan fingerprint density at radius 1 is 1.11 bits per heavy atom. The summed E-state index contributed by atoms with van der Waals surface area (Å²) in [5.74, 6) is -13.7. The van der Waals surface area contributed by atoms with E-state index in [-0.39, 0.29) is 13.0 Å². The fourth-order valence-corrected chi connectivity index (χ4v) is 1.75. The molecule has 1 aliphatic heterocycles. The van der Waals surface area contributed by atoms with Crippen LogP contribution in [-0.2, 0) is 4.79 Å². The third-order valence-electron chi connectivity index (χ3n) is 2.84. The highest BCUT2D eigenvalue weighted by atomic mass is 19.4. The molecule has 4 nitrogen and oxygen atoms in total. The maximum Gasteiger partial charge on any atom is 0.459 e. The van der Waals surface area contributed by atoms with Gasteiger partial charge < -0.3 is 15.5 Å². The summed E-state index contributed by atoms with van der Waals surface area (Å²) in [5.41, 5.74) is 0. The highest BCUT2D eigenvalue weighted by Crippen LogP contribution is 2.46. The molecular formula is C9H12F5NO3. The maximum absolute atomic E-state index is 13.0. The molecule has 3 N–H and O–H groups in total. The first-order chi connectivity index (χ1) is 8.02. The Balaban J connectivity index is 3.07. The minimum atomic E-state index is -6.15. The first-order valence-electron chi connectivity index (χ1n) is 5.19. The summed E-state index contributed by atoms with van der Waals surface area (Å²) in [5, 5.41) is 20.3. The molecule has 0 aromatic rings. The number of halogens is 5. The van der Waals surface area contributed by atoms with Crippen molar-refractivity contribution in [2.24, 2.45) is 5.92 Å². The number of rotatable bonds is 2. The zero-order valence-electron chi connectivity index (χ0n) is 9.10. The summed E-state index contributed by atoms with van der Waals surface area (Å²) in [6.07, 6.45) is -6.09. The van der Waals surface area contributed by atoms with Gasteiger partial charge in [-0.05, 0) is 12.8 Å². The molecule has 1 heterocycles. The minimum absolute atomic E-state index is 0.100. The van der Waals surface area contributed by atoms with Gasteiger partial charge >= 0.3 is 12.1 Å². The molecular weight excluding hydrogens is 265 g/mol.